The fourth-order valence-corrected chi connectivity index (χ4v) is 2.06. The van der Waals surface area contributed by atoms with E-state index in [9.17, 15) is 4.79 Å². The van der Waals surface area contributed by atoms with Crippen molar-refractivity contribution in [3.05, 3.63) is 0 Å². The molecule has 6 nitrogen and oxygen atoms in total. The molecular formula is C14H30N4O2. The monoisotopic (exact) mass is 286 g/mol. The molecule has 3 N–H and O–H groups in total. The third kappa shape index (κ3) is 5.00. The maximum absolute atomic E-state index is 12.5. The molecule has 0 saturated heterocycles. The molecule has 0 atom stereocenters. The Morgan fingerprint density at radius 2 is 1.70 bits per heavy atom. The van der Waals surface area contributed by atoms with Crippen LogP contribution in [-0.4, -0.2) is 59.5 Å². The smallest absolute Gasteiger partial charge is 0.235 e. The van der Waals surface area contributed by atoms with Gasteiger partial charge in [0.15, 0.2) is 5.84 Å². The van der Waals surface area contributed by atoms with Gasteiger partial charge >= 0.3 is 0 Å². The normalized spacial score (nSPS) is 12.8. The zero-order valence-electron chi connectivity index (χ0n) is 13.5. The first-order valence-electron chi connectivity index (χ1n) is 7.34. The van der Waals surface area contributed by atoms with Crippen LogP contribution in [0.15, 0.2) is 5.16 Å². The maximum atomic E-state index is 12.5. The summed E-state index contributed by atoms with van der Waals surface area (Å²) >= 11 is 0. The second kappa shape index (κ2) is 8.79. The maximum Gasteiger partial charge on any atom is 0.235 e. The molecule has 0 rings (SSSR count). The standard InChI is InChI=1S/C14H30N4O2/c1-6-17(7-2)10-9-11-18(8-3)13(19)14(4,5)12(15)16-20/h20H,6-11H2,1-5H3,(H2,15,16). The molecule has 0 radical (unpaired) electrons. The van der Waals surface area contributed by atoms with Gasteiger partial charge in [-0.2, -0.15) is 0 Å². The molecule has 0 spiro atoms. The number of oxime groups is 1. The van der Waals surface area contributed by atoms with E-state index in [-0.39, 0.29) is 11.7 Å². The Hall–Kier alpha value is -1.30. The van der Waals surface area contributed by atoms with Crippen molar-refractivity contribution in [3.63, 3.8) is 0 Å². The first-order chi connectivity index (χ1) is 9.34. The van der Waals surface area contributed by atoms with E-state index in [1.54, 1.807) is 18.7 Å². The number of hydrogen-bond acceptors (Lipinski definition) is 4. The van der Waals surface area contributed by atoms with E-state index in [4.69, 9.17) is 10.9 Å². The minimum atomic E-state index is -0.972. The molecule has 0 aromatic rings. The van der Waals surface area contributed by atoms with Crippen molar-refractivity contribution in [1.82, 2.24) is 9.80 Å². The van der Waals surface area contributed by atoms with Crippen LogP contribution in [0.5, 0.6) is 0 Å². The number of hydrogen-bond donors (Lipinski definition) is 2. The second-order valence-corrected chi connectivity index (χ2v) is 5.38. The van der Waals surface area contributed by atoms with E-state index in [1.807, 2.05) is 6.92 Å². The lowest BCUT2D eigenvalue weighted by molar-refractivity contribution is -0.137. The molecule has 0 fully saturated rings. The van der Waals surface area contributed by atoms with E-state index in [1.165, 1.54) is 0 Å². The molecule has 0 aliphatic rings. The molecule has 6 heteroatoms. The summed E-state index contributed by atoms with van der Waals surface area (Å²) < 4.78 is 0. The quantitative estimate of drug-likeness (QED) is 0.290. The Bertz CT molecular complexity index is 325. The van der Waals surface area contributed by atoms with E-state index in [2.05, 4.69) is 23.9 Å². The fraction of sp³-hybridized carbons (Fsp3) is 0.857. The lowest BCUT2D eigenvalue weighted by Gasteiger charge is -2.31. The summed E-state index contributed by atoms with van der Waals surface area (Å²) in [5.41, 5.74) is 4.64. The van der Waals surface area contributed by atoms with Crippen LogP contribution < -0.4 is 5.73 Å². The summed E-state index contributed by atoms with van der Waals surface area (Å²) in [7, 11) is 0. The van der Waals surface area contributed by atoms with Gasteiger partial charge in [0.2, 0.25) is 5.91 Å². The van der Waals surface area contributed by atoms with Crippen LogP contribution in [0.1, 0.15) is 41.0 Å². The van der Waals surface area contributed by atoms with Gasteiger partial charge in [-0.3, -0.25) is 4.79 Å². The molecule has 0 unspecified atom stereocenters. The van der Waals surface area contributed by atoms with Crippen LogP contribution in [0.3, 0.4) is 0 Å². The van der Waals surface area contributed by atoms with Crippen molar-refractivity contribution >= 4 is 11.7 Å². The first-order valence-corrected chi connectivity index (χ1v) is 7.34. The van der Waals surface area contributed by atoms with Crippen molar-refractivity contribution in [2.75, 3.05) is 32.7 Å². The van der Waals surface area contributed by atoms with Crippen molar-refractivity contribution in [2.24, 2.45) is 16.3 Å². The van der Waals surface area contributed by atoms with Gasteiger partial charge in [-0.1, -0.05) is 19.0 Å². The summed E-state index contributed by atoms with van der Waals surface area (Å²) in [5, 5.41) is 11.7. The number of carbonyl (C=O) groups is 1. The first kappa shape index (κ1) is 18.7. The van der Waals surface area contributed by atoms with Crippen LogP contribution >= 0.6 is 0 Å². The van der Waals surface area contributed by atoms with Gasteiger partial charge in [-0.05, 0) is 46.8 Å². The van der Waals surface area contributed by atoms with Gasteiger partial charge in [-0.15, -0.1) is 0 Å². The summed E-state index contributed by atoms with van der Waals surface area (Å²) in [6.07, 6.45) is 0.924. The predicted octanol–water partition coefficient (Wildman–Crippen LogP) is 1.34. The zero-order valence-corrected chi connectivity index (χ0v) is 13.5. The Kier molecular flexibility index (Phi) is 8.22. The van der Waals surface area contributed by atoms with E-state index in [0.29, 0.717) is 13.1 Å². The van der Waals surface area contributed by atoms with Gasteiger partial charge < -0.3 is 20.7 Å². The van der Waals surface area contributed by atoms with Crippen LogP contribution in [0.25, 0.3) is 0 Å². The number of carbonyl (C=O) groups excluding carboxylic acids is 1. The lowest BCUT2D eigenvalue weighted by atomic mass is 9.90. The molecule has 0 aliphatic carbocycles. The third-order valence-corrected chi connectivity index (χ3v) is 3.75. The van der Waals surface area contributed by atoms with Crippen molar-refractivity contribution < 1.29 is 10.0 Å². The van der Waals surface area contributed by atoms with Gasteiger partial charge in [-0.25, -0.2) is 0 Å². The Morgan fingerprint density at radius 3 is 2.10 bits per heavy atom. The molecule has 20 heavy (non-hydrogen) atoms. The molecule has 0 bridgehead atoms. The van der Waals surface area contributed by atoms with Crippen LogP contribution in [-0.2, 0) is 4.79 Å². The molecule has 118 valence electrons. The van der Waals surface area contributed by atoms with Crippen LogP contribution in [0, 0.1) is 5.41 Å². The summed E-state index contributed by atoms with van der Waals surface area (Å²) in [6, 6.07) is 0. The van der Waals surface area contributed by atoms with E-state index < -0.39 is 5.41 Å². The largest absolute Gasteiger partial charge is 0.409 e. The Balaban J connectivity index is 4.57. The van der Waals surface area contributed by atoms with Gasteiger partial charge in [0, 0.05) is 13.1 Å². The zero-order chi connectivity index (χ0) is 15.8. The fourth-order valence-electron chi connectivity index (χ4n) is 2.06. The number of nitrogens with two attached hydrogens (primary N) is 1. The minimum Gasteiger partial charge on any atom is -0.409 e. The SMILES string of the molecule is CCN(CC)CCCN(CC)C(=O)C(C)(C)C(N)=NO. The summed E-state index contributed by atoms with van der Waals surface area (Å²) in [5.74, 6) is -0.153. The van der Waals surface area contributed by atoms with Gasteiger partial charge in [0.05, 0.1) is 0 Å². The van der Waals surface area contributed by atoms with E-state index in [0.717, 1.165) is 26.1 Å². The number of rotatable bonds is 9. The summed E-state index contributed by atoms with van der Waals surface area (Å²) in [4.78, 5) is 16.5. The molecule has 0 aliphatic heterocycles. The van der Waals surface area contributed by atoms with Crippen LogP contribution in [0.2, 0.25) is 0 Å². The number of amides is 1. The highest BCUT2D eigenvalue weighted by atomic mass is 16.4. The summed E-state index contributed by atoms with van der Waals surface area (Å²) in [6.45, 7) is 13.9. The van der Waals surface area contributed by atoms with Gasteiger partial charge in [0.25, 0.3) is 0 Å². The molecule has 0 heterocycles. The number of nitrogens with zero attached hydrogens (tertiary/aromatic N) is 3. The highest BCUT2D eigenvalue weighted by Gasteiger charge is 2.35. The van der Waals surface area contributed by atoms with E-state index >= 15 is 0 Å². The Morgan fingerprint density at radius 1 is 1.15 bits per heavy atom. The lowest BCUT2D eigenvalue weighted by Crippen LogP contribution is -2.48. The molecule has 0 aromatic carbocycles. The van der Waals surface area contributed by atoms with Crippen molar-refractivity contribution in [2.45, 2.75) is 41.0 Å². The van der Waals surface area contributed by atoms with Crippen LogP contribution in [0.4, 0.5) is 0 Å². The molecule has 0 saturated carbocycles. The topological polar surface area (TPSA) is 82.2 Å². The highest BCUT2D eigenvalue weighted by Crippen LogP contribution is 2.19. The highest BCUT2D eigenvalue weighted by molar-refractivity contribution is 6.05. The average Bonchev–Trinajstić information content (AvgIpc) is 2.46. The average molecular weight is 286 g/mol. The number of amidine groups is 1. The molecule has 0 aromatic heterocycles. The molecular weight excluding hydrogens is 256 g/mol. The van der Waals surface area contributed by atoms with Crippen molar-refractivity contribution in [1.29, 1.82) is 0 Å². The predicted molar refractivity (Wildman–Crippen MR) is 81.8 cm³/mol. The molecule has 1 amide bonds. The van der Waals surface area contributed by atoms with Gasteiger partial charge in [0.1, 0.15) is 5.41 Å². The minimum absolute atomic E-state index is 0.0512. The third-order valence-electron chi connectivity index (χ3n) is 3.75. The van der Waals surface area contributed by atoms with Crippen molar-refractivity contribution in [3.8, 4) is 0 Å². The second-order valence-electron chi connectivity index (χ2n) is 5.38. The Labute approximate surface area is 122 Å².